The highest BCUT2D eigenvalue weighted by Gasteiger charge is 2.38. The Morgan fingerprint density at radius 2 is 2.09 bits per heavy atom. The molecule has 1 amide bonds. The second-order valence-corrected chi connectivity index (χ2v) is 5.51. The Bertz CT molecular complexity index is 654. The topological polar surface area (TPSA) is 71.6 Å². The highest BCUT2D eigenvalue weighted by molar-refractivity contribution is 5.96. The molecule has 0 saturated heterocycles. The van der Waals surface area contributed by atoms with Gasteiger partial charge in [0.2, 0.25) is 0 Å². The third-order valence-corrected chi connectivity index (χ3v) is 3.78. The molecule has 1 aliphatic rings. The maximum absolute atomic E-state index is 12.5. The lowest BCUT2D eigenvalue weighted by molar-refractivity contribution is 0.0948. The van der Waals surface area contributed by atoms with Crippen LogP contribution in [0.3, 0.4) is 0 Å². The molecule has 2 heterocycles. The number of nitrogens with zero attached hydrogens (tertiary/aromatic N) is 4. The lowest BCUT2D eigenvalue weighted by Crippen LogP contribution is -2.29. The molecule has 1 aromatic heterocycles. The van der Waals surface area contributed by atoms with Gasteiger partial charge in [-0.1, -0.05) is 0 Å². The molecule has 2 rings (SSSR count). The van der Waals surface area contributed by atoms with E-state index < -0.39 is 18.6 Å². The number of aryl methyl sites for hydroxylation is 1. The fraction of sp³-hybridized carbons (Fsp3) is 0.600. The van der Waals surface area contributed by atoms with E-state index in [-0.39, 0.29) is 5.91 Å². The van der Waals surface area contributed by atoms with Crippen LogP contribution < -0.4 is 5.32 Å². The molecule has 23 heavy (non-hydrogen) atoms. The first kappa shape index (κ1) is 17.1. The Kier molecular flexibility index (Phi) is 5.08. The van der Waals surface area contributed by atoms with Crippen molar-refractivity contribution in [2.45, 2.75) is 51.7 Å². The van der Waals surface area contributed by atoms with Gasteiger partial charge in [-0.2, -0.15) is 15.3 Å². The average Bonchev–Trinajstić information content (AvgIpc) is 3.18. The number of hydrogen-bond acceptors (Lipinski definition) is 4. The first-order valence-corrected chi connectivity index (χ1v) is 7.36. The predicted molar refractivity (Wildman–Crippen MR) is 80.3 cm³/mol. The largest absolute Gasteiger partial charge is 0.352 e. The summed E-state index contributed by atoms with van der Waals surface area (Å²) in [6.07, 6.45) is 4.53. The molecule has 0 radical (unpaired) electrons. The Balaban J connectivity index is 1.91. The Morgan fingerprint density at radius 1 is 1.39 bits per heavy atom. The van der Waals surface area contributed by atoms with Crippen LogP contribution in [0, 0.1) is 26.2 Å². The number of carbonyl (C=O) groups is 1. The molecule has 0 fully saturated rings. The van der Waals surface area contributed by atoms with Crippen molar-refractivity contribution in [3.05, 3.63) is 17.0 Å². The van der Waals surface area contributed by atoms with Crippen LogP contribution in [-0.2, 0) is 6.54 Å². The van der Waals surface area contributed by atoms with E-state index >= 15 is 0 Å². The molecular formula is C15H19F2N5O. The monoisotopic (exact) mass is 323 g/mol. The van der Waals surface area contributed by atoms with Gasteiger partial charge in [-0.25, -0.2) is 8.78 Å². The van der Waals surface area contributed by atoms with Crippen LogP contribution in [0.2, 0.25) is 0 Å². The molecule has 1 aliphatic heterocycles. The smallest absolute Gasteiger partial charge is 0.257 e. The normalized spacial score (nSPS) is 14.8. The number of aromatic nitrogens is 2. The van der Waals surface area contributed by atoms with Crippen LogP contribution in [0.15, 0.2) is 10.2 Å². The molecule has 1 aromatic rings. The summed E-state index contributed by atoms with van der Waals surface area (Å²) >= 11 is 0. The zero-order valence-corrected chi connectivity index (χ0v) is 13.1. The van der Waals surface area contributed by atoms with Crippen molar-refractivity contribution >= 4 is 5.91 Å². The molecule has 0 spiro atoms. The minimum Gasteiger partial charge on any atom is -0.352 e. The zero-order valence-electron chi connectivity index (χ0n) is 13.1. The summed E-state index contributed by atoms with van der Waals surface area (Å²) in [4.78, 5) is 12.3. The lowest BCUT2D eigenvalue weighted by atomic mass is 10.0. The third kappa shape index (κ3) is 4.12. The maximum Gasteiger partial charge on any atom is 0.257 e. The van der Waals surface area contributed by atoms with E-state index in [0.717, 1.165) is 4.68 Å². The van der Waals surface area contributed by atoms with Crippen LogP contribution in [0.4, 0.5) is 8.78 Å². The summed E-state index contributed by atoms with van der Waals surface area (Å²) < 4.78 is 26.1. The first-order chi connectivity index (χ1) is 10.9. The van der Waals surface area contributed by atoms with Gasteiger partial charge >= 0.3 is 0 Å². The van der Waals surface area contributed by atoms with Gasteiger partial charge in [0.05, 0.1) is 11.3 Å². The van der Waals surface area contributed by atoms with Crippen molar-refractivity contribution in [1.29, 1.82) is 0 Å². The number of halogens is 2. The molecular weight excluding hydrogens is 304 g/mol. The van der Waals surface area contributed by atoms with Gasteiger partial charge in [0.1, 0.15) is 6.54 Å². The van der Waals surface area contributed by atoms with E-state index in [1.807, 2.05) is 0 Å². The predicted octanol–water partition coefficient (Wildman–Crippen LogP) is 2.46. The molecule has 0 aromatic carbocycles. The van der Waals surface area contributed by atoms with Gasteiger partial charge in [0.15, 0.2) is 5.66 Å². The number of nitrogens with one attached hydrogen (secondary N) is 1. The standard InChI is InChI=1S/C15H19F2N5O/c1-4-5-6-15(20-21-15)7-8-18-14(23)13-10(2)19-22(11(13)3)9-12(16)17/h1,12H,5-9H2,2-3H3,(H,18,23). The lowest BCUT2D eigenvalue weighted by Gasteiger charge is -2.10. The minimum absolute atomic E-state index is 0.326. The molecule has 0 aliphatic carbocycles. The SMILES string of the molecule is C#CCCC1(CCNC(=O)c2c(C)nn(CC(F)F)c2C)N=N1. The molecule has 0 bridgehead atoms. The van der Waals surface area contributed by atoms with Crippen LogP contribution >= 0.6 is 0 Å². The third-order valence-electron chi connectivity index (χ3n) is 3.78. The maximum atomic E-state index is 12.5. The second-order valence-electron chi connectivity index (χ2n) is 5.51. The van der Waals surface area contributed by atoms with Crippen molar-refractivity contribution in [3.63, 3.8) is 0 Å². The molecule has 124 valence electrons. The van der Waals surface area contributed by atoms with Crippen LogP contribution in [-0.4, -0.2) is 34.3 Å². The molecule has 0 atom stereocenters. The van der Waals surface area contributed by atoms with Crippen LogP contribution in [0.25, 0.3) is 0 Å². The summed E-state index contributed by atoms with van der Waals surface area (Å²) in [6, 6.07) is 0. The van der Waals surface area contributed by atoms with Gasteiger partial charge in [0, 0.05) is 31.5 Å². The van der Waals surface area contributed by atoms with E-state index in [1.54, 1.807) is 13.8 Å². The van der Waals surface area contributed by atoms with Crippen molar-refractivity contribution in [2.75, 3.05) is 6.54 Å². The second kappa shape index (κ2) is 6.86. The van der Waals surface area contributed by atoms with Crippen molar-refractivity contribution < 1.29 is 13.6 Å². The summed E-state index contributed by atoms with van der Waals surface area (Å²) in [7, 11) is 0. The number of carbonyl (C=O) groups excluding carboxylic acids is 1. The van der Waals surface area contributed by atoms with Gasteiger partial charge in [0.25, 0.3) is 12.3 Å². The van der Waals surface area contributed by atoms with Gasteiger partial charge in [-0.3, -0.25) is 9.48 Å². The van der Waals surface area contributed by atoms with Gasteiger partial charge in [-0.15, -0.1) is 12.3 Å². The Morgan fingerprint density at radius 3 is 2.65 bits per heavy atom. The molecule has 1 N–H and O–H groups in total. The molecule has 0 saturated carbocycles. The average molecular weight is 323 g/mol. The number of terminal acetylenes is 1. The van der Waals surface area contributed by atoms with Crippen LogP contribution in [0.5, 0.6) is 0 Å². The van der Waals surface area contributed by atoms with E-state index in [4.69, 9.17) is 6.42 Å². The fourth-order valence-electron chi connectivity index (χ4n) is 2.47. The highest BCUT2D eigenvalue weighted by atomic mass is 19.3. The molecule has 6 nitrogen and oxygen atoms in total. The van der Waals surface area contributed by atoms with E-state index in [9.17, 15) is 13.6 Å². The fourth-order valence-corrected chi connectivity index (χ4v) is 2.47. The number of alkyl halides is 2. The first-order valence-electron chi connectivity index (χ1n) is 7.36. The molecule has 0 unspecified atom stereocenters. The Hall–Kier alpha value is -2.30. The van der Waals surface area contributed by atoms with E-state index in [1.165, 1.54) is 0 Å². The van der Waals surface area contributed by atoms with Crippen LogP contribution in [0.1, 0.15) is 41.0 Å². The zero-order chi connectivity index (χ0) is 17.0. The van der Waals surface area contributed by atoms with E-state index in [0.29, 0.717) is 42.8 Å². The summed E-state index contributed by atoms with van der Waals surface area (Å²) in [6.45, 7) is 3.10. The van der Waals surface area contributed by atoms with E-state index in [2.05, 4.69) is 26.6 Å². The van der Waals surface area contributed by atoms with Crippen molar-refractivity contribution in [3.8, 4) is 12.3 Å². The van der Waals surface area contributed by atoms with Gasteiger partial charge in [-0.05, 0) is 13.8 Å². The summed E-state index contributed by atoms with van der Waals surface area (Å²) in [5.74, 6) is 2.22. The quantitative estimate of drug-likeness (QED) is 0.747. The van der Waals surface area contributed by atoms with Crippen molar-refractivity contribution in [2.24, 2.45) is 10.2 Å². The molecule has 8 heteroatoms. The number of rotatable bonds is 8. The number of amides is 1. The summed E-state index contributed by atoms with van der Waals surface area (Å²) in [5.41, 5.74) is 0.753. The van der Waals surface area contributed by atoms with Gasteiger partial charge < -0.3 is 5.32 Å². The van der Waals surface area contributed by atoms with Crippen molar-refractivity contribution in [1.82, 2.24) is 15.1 Å². The number of hydrogen-bond donors (Lipinski definition) is 1. The Labute approximate surface area is 133 Å². The highest BCUT2D eigenvalue weighted by Crippen LogP contribution is 2.36. The summed E-state index contributed by atoms with van der Waals surface area (Å²) in [5, 5.41) is 14.7. The minimum atomic E-state index is -2.52.